The van der Waals surface area contributed by atoms with E-state index in [4.69, 9.17) is 14.2 Å². The lowest BCUT2D eigenvalue weighted by molar-refractivity contribution is -0.889. The van der Waals surface area contributed by atoms with E-state index in [0.717, 1.165) is 57.8 Å². The van der Waals surface area contributed by atoms with Gasteiger partial charge in [0.15, 0.2) is 6.10 Å². The summed E-state index contributed by atoms with van der Waals surface area (Å²) in [6, 6.07) is -0.736. The van der Waals surface area contributed by atoms with Crippen LogP contribution in [0.5, 0.6) is 0 Å². The Labute approximate surface area is 311 Å². The maximum Gasteiger partial charge on any atom is 0.306 e. The molecule has 8 heteroatoms. The summed E-state index contributed by atoms with van der Waals surface area (Å²) in [7, 11) is 5.36. The van der Waals surface area contributed by atoms with Crippen molar-refractivity contribution < 1.29 is 38.2 Å². The van der Waals surface area contributed by atoms with E-state index in [1.165, 1.54) is 32.1 Å². The third kappa shape index (κ3) is 32.4. The maximum absolute atomic E-state index is 12.6. The minimum atomic E-state index is -1.14. The summed E-state index contributed by atoms with van der Waals surface area (Å²) in [5.74, 6) is -1.86. The molecular weight excluding hydrogens is 642 g/mol. The summed E-state index contributed by atoms with van der Waals surface area (Å²) in [6.45, 7) is 4.40. The van der Waals surface area contributed by atoms with Crippen molar-refractivity contribution in [2.24, 2.45) is 0 Å². The van der Waals surface area contributed by atoms with Gasteiger partial charge in [0.2, 0.25) is 0 Å². The number of ether oxygens (including phenoxy) is 3. The number of allylic oxidation sites excluding steroid dienone is 12. The number of quaternary nitrogens is 1. The lowest BCUT2D eigenvalue weighted by Crippen LogP contribution is -2.55. The molecule has 0 saturated heterocycles. The Morgan fingerprint density at radius 3 is 1.59 bits per heavy atom. The van der Waals surface area contributed by atoms with Crippen LogP contribution in [0, 0.1) is 0 Å². The van der Waals surface area contributed by atoms with Crippen LogP contribution >= 0.6 is 0 Å². The zero-order valence-electron chi connectivity index (χ0n) is 32.7. The number of carboxylic acid groups (broad SMARTS) is 1. The fourth-order valence-corrected chi connectivity index (χ4v) is 5.09. The molecule has 0 rings (SSSR count). The smallest absolute Gasteiger partial charge is 0.306 e. The predicted octanol–water partition coefficient (Wildman–Crippen LogP) is 8.68. The second kappa shape index (κ2) is 33.9. The summed E-state index contributed by atoms with van der Waals surface area (Å²) < 4.78 is 17.0. The van der Waals surface area contributed by atoms with Crippen LogP contribution in [0.2, 0.25) is 0 Å². The van der Waals surface area contributed by atoms with E-state index in [1.54, 1.807) is 21.1 Å². The summed E-state index contributed by atoms with van der Waals surface area (Å²) in [5, 5.41) is 11.6. The van der Waals surface area contributed by atoms with E-state index in [1.807, 2.05) is 12.2 Å². The Morgan fingerprint density at radius 2 is 1.10 bits per heavy atom. The highest BCUT2D eigenvalue weighted by molar-refractivity contribution is 5.70. The van der Waals surface area contributed by atoms with Crippen LogP contribution in [0.25, 0.3) is 0 Å². The van der Waals surface area contributed by atoms with E-state index in [9.17, 15) is 19.5 Å². The number of likely N-dealkylation sites (N-methyl/N-ethyl adjacent to an activating group) is 1. The number of carbonyl (C=O) groups excluding carboxylic acids is 3. The SMILES string of the molecule is CC/C=C/C/C=C/C/C=C/C/C=C/C/C=C/C/C=C/CCC(=O)OCC(COCCC(C(=O)[O-])[N+](C)(C)C)OC(=O)CCCCCCCCCC. The number of aliphatic carboxylic acids is 1. The molecule has 0 fully saturated rings. The summed E-state index contributed by atoms with van der Waals surface area (Å²) >= 11 is 0. The van der Waals surface area contributed by atoms with Gasteiger partial charge in [0.05, 0.1) is 40.3 Å². The molecule has 51 heavy (non-hydrogen) atoms. The molecule has 0 spiro atoms. The van der Waals surface area contributed by atoms with Gasteiger partial charge in [0, 0.05) is 19.3 Å². The van der Waals surface area contributed by atoms with Crippen LogP contribution in [0.15, 0.2) is 72.9 Å². The van der Waals surface area contributed by atoms with Gasteiger partial charge in [-0.05, 0) is 51.4 Å². The summed E-state index contributed by atoms with van der Waals surface area (Å²) in [5.41, 5.74) is 0. The van der Waals surface area contributed by atoms with Crippen LogP contribution in [0.4, 0.5) is 0 Å². The monoisotopic (exact) mass is 714 g/mol. The molecule has 0 heterocycles. The van der Waals surface area contributed by atoms with Crippen molar-refractivity contribution in [1.82, 2.24) is 0 Å². The number of carboxylic acids is 1. The number of nitrogens with zero attached hydrogens (tertiary/aromatic N) is 1. The Bertz CT molecular complexity index is 1060. The van der Waals surface area contributed by atoms with Crippen molar-refractivity contribution in [2.75, 3.05) is 41.0 Å². The molecule has 0 aliphatic rings. The molecule has 0 aromatic rings. The molecular formula is C43H71NO7. The average molecular weight is 714 g/mol. The number of esters is 2. The van der Waals surface area contributed by atoms with Crippen molar-refractivity contribution in [3.8, 4) is 0 Å². The third-order valence-corrected chi connectivity index (χ3v) is 8.12. The average Bonchev–Trinajstić information content (AvgIpc) is 3.08. The number of hydrogen-bond acceptors (Lipinski definition) is 7. The van der Waals surface area contributed by atoms with Gasteiger partial charge in [-0.3, -0.25) is 9.59 Å². The predicted molar refractivity (Wildman–Crippen MR) is 208 cm³/mol. The Hall–Kier alpha value is -3.23. The first kappa shape index (κ1) is 47.8. The number of unbranched alkanes of at least 4 members (excludes halogenated alkanes) is 7. The molecule has 8 nitrogen and oxygen atoms in total. The quantitative estimate of drug-likeness (QED) is 0.0290. The highest BCUT2D eigenvalue weighted by atomic mass is 16.6. The molecule has 0 saturated carbocycles. The zero-order chi connectivity index (χ0) is 37.8. The van der Waals surface area contributed by atoms with Crippen molar-refractivity contribution in [2.45, 2.75) is 142 Å². The van der Waals surface area contributed by atoms with Gasteiger partial charge in [-0.15, -0.1) is 0 Å². The van der Waals surface area contributed by atoms with Gasteiger partial charge in [0.25, 0.3) is 0 Å². The highest BCUT2D eigenvalue weighted by Gasteiger charge is 2.25. The number of carbonyl (C=O) groups is 3. The molecule has 0 radical (unpaired) electrons. The van der Waals surface area contributed by atoms with Gasteiger partial charge < -0.3 is 28.6 Å². The van der Waals surface area contributed by atoms with Crippen molar-refractivity contribution in [3.63, 3.8) is 0 Å². The Morgan fingerprint density at radius 1 is 0.608 bits per heavy atom. The zero-order valence-corrected chi connectivity index (χ0v) is 32.7. The van der Waals surface area contributed by atoms with Crippen molar-refractivity contribution in [3.05, 3.63) is 72.9 Å². The van der Waals surface area contributed by atoms with Gasteiger partial charge >= 0.3 is 11.9 Å². The molecule has 0 aromatic heterocycles. The van der Waals surface area contributed by atoms with Crippen LogP contribution in [0.3, 0.4) is 0 Å². The van der Waals surface area contributed by atoms with E-state index in [-0.39, 0.29) is 49.1 Å². The first-order chi connectivity index (χ1) is 24.6. The normalized spacial score (nSPS) is 13.8. The second-order valence-electron chi connectivity index (χ2n) is 13.8. The minimum Gasteiger partial charge on any atom is -0.544 e. The molecule has 0 N–H and O–H groups in total. The Balaban J connectivity index is 4.48. The van der Waals surface area contributed by atoms with Crippen LogP contribution in [-0.4, -0.2) is 75.5 Å². The number of rotatable bonds is 33. The largest absolute Gasteiger partial charge is 0.544 e. The highest BCUT2D eigenvalue weighted by Crippen LogP contribution is 2.12. The van der Waals surface area contributed by atoms with Crippen molar-refractivity contribution >= 4 is 17.9 Å². The topological polar surface area (TPSA) is 102 Å². The van der Waals surface area contributed by atoms with Crippen LogP contribution in [0.1, 0.15) is 129 Å². The minimum absolute atomic E-state index is 0.0144. The van der Waals surface area contributed by atoms with E-state index in [0.29, 0.717) is 12.8 Å². The third-order valence-electron chi connectivity index (χ3n) is 8.12. The van der Waals surface area contributed by atoms with Gasteiger partial charge in [0.1, 0.15) is 12.6 Å². The van der Waals surface area contributed by atoms with E-state index >= 15 is 0 Å². The Kier molecular flexibility index (Phi) is 31.7. The molecule has 0 amide bonds. The molecule has 0 aliphatic carbocycles. The molecule has 0 aromatic carbocycles. The molecule has 290 valence electrons. The molecule has 2 unspecified atom stereocenters. The van der Waals surface area contributed by atoms with Gasteiger partial charge in [-0.1, -0.05) is 132 Å². The standard InChI is InChI=1S/C43H71NO7/c1-6-8-10-12-14-16-17-18-19-20-21-22-23-24-25-26-28-29-31-33-41(45)50-38-39(37-49-36-35-40(43(47)48)44(3,4)5)51-42(46)34-32-30-27-15-13-11-9-7-2/h8,10,14,16,18-19,21-22,24-25,28-29,39-40H,6-7,9,11-13,15,17,20,23,26-27,30-38H2,1-5H3/b10-8+,16-14+,19-18+,22-21+,25-24+,29-28+. The molecule has 0 bridgehead atoms. The molecule has 2 atom stereocenters. The van der Waals surface area contributed by atoms with E-state index in [2.05, 4.69) is 74.6 Å². The first-order valence-corrected chi connectivity index (χ1v) is 19.5. The van der Waals surface area contributed by atoms with Gasteiger partial charge in [-0.2, -0.15) is 0 Å². The van der Waals surface area contributed by atoms with Crippen LogP contribution < -0.4 is 5.11 Å². The summed E-state index contributed by atoms with van der Waals surface area (Å²) in [4.78, 5) is 36.5. The van der Waals surface area contributed by atoms with Gasteiger partial charge in [-0.25, -0.2) is 0 Å². The van der Waals surface area contributed by atoms with Crippen molar-refractivity contribution in [1.29, 1.82) is 0 Å². The lowest BCUT2D eigenvalue weighted by Gasteiger charge is -2.34. The maximum atomic E-state index is 12.6. The lowest BCUT2D eigenvalue weighted by atomic mass is 10.1. The fraction of sp³-hybridized carbons (Fsp3) is 0.651. The first-order valence-electron chi connectivity index (χ1n) is 19.5. The number of hydrogen-bond donors (Lipinski definition) is 0. The second-order valence-corrected chi connectivity index (χ2v) is 13.8. The molecule has 0 aliphatic heterocycles. The fourth-order valence-electron chi connectivity index (χ4n) is 5.09. The van der Waals surface area contributed by atoms with Crippen LogP contribution in [-0.2, 0) is 28.6 Å². The van der Waals surface area contributed by atoms with E-state index < -0.39 is 18.1 Å². The summed E-state index contributed by atoms with van der Waals surface area (Å²) in [6.07, 6.45) is 40.9.